The number of nitrogens with one attached hydrogen (secondary N) is 2. The van der Waals surface area contributed by atoms with Gasteiger partial charge in [-0.25, -0.2) is 4.79 Å². The fraction of sp³-hybridized carbons (Fsp3) is 0.280. The first-order valence-corrected chi connectivity index (χ1v) is 11.8. The molecule has 3 aromatic rings. The molecule has 33 heavy (non-hydrogen) atoms. The van der Waals surface area contributed by atoms with E-state index in [0.29, 0.717) is 17.1 Å². The number of ether oxygens (including phenoxy) is 2. The van der Waals surface area contributed by atoms with Crippen molar-refractivity contribution in [2.45, 2.75) is 26.1 Å². The highest BCUT2D eigenvalue weighted by Crippen LogP contribution is 2.40. The van der Waals surface area contributed by atoms with Crippen molar-refractivity contribution < 1.29 is 19.1 Å². The predicted molar refractivity (Wildman–Crippen MR) is 127 cm³/mol. The standard InChI is InChI=1S/C25H25N3O4S/c1-3-28-13-12-19-20(14-28)33-24-21(19)23(29)26-22(27-24)15-4-10-18(11-5-15)32-25(30)16-6-8-17(31-2)9-7-16/h4-11,22,27H,3,12-14H2,1-2H3,(H,26,29). The van der Waals surface area contributed by atoms with Crippen LogP contribution in [0.15, 0.2) is 48.5 Å². The third-order valence-electron chi connectivity index (χ3n) is 6.11. The van der Waals surface area contributed by atoms with E-state index in [9.17, 15) is 9.59 Å². The van der Waals surface area contributed by atoms with Crippen LogP contribution in [0.1, 0.15) is 49.8 Å². The second-order valence-electron chi connectivity index (χ2n) is 8.06. The molecule has 2 aromatic carbocycles. The lowest BCUT2D eigenvalue weighted by Gasteiger charge is -2.28. The maximum atomic E-state index is 12.9. The number of fused-ring (bicyclic) bond motifs is 3. The molecule has 1 atom stereocenters. The Morgan fingerprint density at radius 1 is 1.09 bits per heavy atom. The van der Waals surface area contributed by atoms with Crippen LogP contribution in [0.4, 0.5) is 5.00 Å². The van der Waals surface area contributed by atoms with Crippen LogP contribution in [-0.2, 0) is 13.0 Å². The van der Waals surface area contributed by atoms with E-state index in [4.69, 9.17) is 9.47 Å². The fourth-order valence-corrected chi connectivity index (χ4v) is 5.54. The average molecular weight is 464 g/mol. The van der Waals surface area contributed by atoms with Crippen LogP contribution < -0.4 is 20.1 Å². The number of hydrogen-bond acceptors (Lipinski definition) is 7. The summed E-state index contributed by atoms with van der Waals surface area (Å²) in [5.74, 6) is 0.639. The molecule has 0 radical (unpaired) electrons. The van der Waals surface area contributed by atoms with Crippen molar-refractivity contribution in [2.75, 3.05) is 25.5 Å². The van der Waals surface area contributed by atoms with Gasteiger partial charge in [-0.15, -0.1) is 11.3 Å². The molecule has 1 aromatic heterocycles. The Bertz CT molecular complexity index is 1190. The number of methoxy groups -OCH3 is 1. The van der Waals surface area contributed by atoms with E-state index < -0.39 is 5.97 Å². The first-order valence-electron chi connectivity index (χ1n) is 11.0. The number of nitrogens with zero attached hydrogens (tertiary/aromatic N) is 1. The summed E-state index contributed by atoms with van der Waals surface area (Å²) in [6, 6.07) is 13.9. The molecule has 2 aliphatic rings. The van der Waals surface area contributed by atoms with Gasteiger partial charge < -0.3 is 20.1 Å². The van der Waals surface area contributed by atoms with Gasteiger partial charge in [0.15, 0.2) is 0 Å². The Morgan fingerprint density at radius 2 is 1.82 bits per heavy atom. The first-order chi connectivity index (χ1) is 16.1. The molecule has 2 N–H and O–H groups in total. The second kappa shape index (κ2) is 8.88. The number of amides is 1. The van der Waals surface area contributed by atoms with Crippen LogP contribution in [0.25, 0.3) is 0 Å². The molecule has 2 aliphatic heterocycles. The molecule has 0 saturated heterocycles. The van der Waals surface area contributed by atoms with Crippen molar-refractivity contribution in [3.8, 4) is 11.5 Å². The van der Waals surface area contributed by atoms with Gasteiger partial charge >= 0.3 is 5.97 Å². The minimum absolute atomic E-state index is 0.0359. The zero-order valence-corrected chi connectivity index (χ0v) is 19.3. The van der Waals surface area contributed by atoms with Crippen LogP contribution in [0.5, 0.6) is 11.5 Å². The monoisotopic (exact) mass is 463 g/mol. The summed E-state index contributed by atoms with van der Waals surface area (Å²) in [7, 11) is 1.58. The SMILES string of the molecule is CCN1CCc2c(sc3c2C(=O)NC(c2ccc(OC(=O)c4ccc(OC)cc4)cc2)N3)C1. The number of anilines is 1. The molecule has 3 heterocycles. The van der Waals surface area contributed by atoms with Crippen molar-refractivity contribution >= 4 is 28.2 Å². The number of likely N-dealkylation sites (N-methyl/N-ethyl adjacent to an activating group) is 1. The van der Waals surface area contributed by atoms with Crippen LogP contribution in [0.3, 0.4) is 0 Å². The van der Waals surface area contributed by atoms with Crippen LogP contribution in [0.2, 0.25) is 0 Å². The summed E-state index contributed by atoms with van der Waals surface area (Å²) < 4.78 is 10.6. The van der Waals surface area contributed by atoms with E-state index in [0.717, 1.165) is 42.2 Å². The largest absolute Gasteiger partial charge is 0.497 e. The van der Waals surface area contributed by atoms with Gasteiger partial charge in [-0.05, 0) is 60.5 Å². The van der Waals surface area contributed by atoms with E-state index >= 15 is 0 Å². The summed E-state index contributed by atoms with van der Waals surface area (Å²) in [6.45, 7) is 5.06. The van der Waals surface area contributed by atoms with Gasteiger partial charge in [0.1, 0.15) is 22.7 Å². The first kappa shape index (κ1) is 21.5. The second-order valence-corrected chi connectivity index (χ2v) is 9.17. The normalized spacial score (nSPS) is 17.4. The third-order valence-corrected chi connectivity index (χ3v) is 7.26. The molecule has 0 bridgehead atoms. The number of hydrogen-bond donors (Lipinski definition) is 2. The number of thiophene rings is 1. The van der Waals surface area contributed by atoms with E-state index in [1.165, 1.54) is 10.4 Å². The summed E-state index contributed by atoms with van der Waals surface area (Å²) in [6.07, 6.45) is 0.571. The average Bonchev–Trinajstić information content (AvgIpc) is 3.22. The molecule has 1 amide bonds. The molecule has 7 nitrogen and oxygen atoms in total. The van der Waals surface area contributed by atoms with Gasteiger partial charge in [-0.2, -0.15) is 0 Å². The number of carbonyl (C=O) groups excluding carboxylic acids is 2. The fourth-order valence-electron chi connectivity index (χ4n) is 4.23. The topological polar surface area (TPSA) is 79.9 Å². The lowest BCUT2D eigenvalue weighted by Crippen LogP contribution is -2.38. The van der Waals surface area contributed by atoms with E-state index in [2.05, 4.69) is 22.5 Å². The molecule has 0 spiro atoms. The zero-order valence-electron chi connectivity index (χ0n) is 18.5. The summed E-state index contributed by atoms with van der Waals surface area (Å²) in [5.41, 5.74) is 3.31. The van der Waals surface area contributed by atoms with Crippen molar-refractivity contribution in [1.29, 1.82) is 0 Å². The Hall–Kier alpha value is -3.36. The van der Waals surface area contributed by atoms with Crippen LogP contribution >= 0.6 is 11.3 Å². The van der Waals surface area contributed by atoms with Gasteiger partial charge in [0.2, 0.25) is 0 Å². The maximum Gasteiger partial charge on any atom is 0.343 e. The molecule has 170 valence electrons. The highest BCUT2D eigenvalue weighted by Gasteiger charge is 2.33. The van der Waals surface area contributed by atoms with Gasteiger partial charge in [-0.1, -0.05) is 19.1 Å². The minimum atomic E-state index is -0.440. The Balaban J connectivity index is 1.28. The molecule has 1 unspecified atom stereocenters. The summed E-state index contributed by atoms with van der Waals surface area (Å²) >= 11 is 1.68. The summed E-state index contributed by atoms with van der Waals surface area (Å²) in [5, 5.41) is 7.48. The number of carbonyl (C=O) groups is 2. The highest BCUT2D eigenvalue weighted by atomic mass is 32.1. The quantitative estimate of drug-likeness (QED) is 0.436. The maximum absolute atomic E-state index is 12.9. The smallest absolute Gasteiger partial charge is 0.343 e. The van der Waals surface area contributed by atoms with Gasteiger partial charge in [0, 0.05) is 18.0 Å². The molecule has 5 rings (SSSR count). The summed E-state index contributed by atoms with van der Waals surface area (Å²) in [4.78, 5) is 29.0. The molecule has 0 fully saturated rings. The van der Waals surface area contributed by atoms with Crippen LogP contribution in [0, 0.1) is 0 Å². The number of benzene rings is 2. The van der Waals surface area contributed by atoms with Crippen LogP contribution in [-0.4, -0.2) is 37.0 Å². The lowest BCUT2D eigenvalue weighted by atomic mass is 10.0. The van der Waals surface area contributed by atoms with Gasteiger partial charge in [0.05, 0.1) is 18.2 Å². The molecule has 0 saturated carbocycles. The zero-order chi connectivity index (χ0) is 22.9. The Labute approximate surface area is 196 Å². The minimum Gasteiger partial charge on any atom is -0.497 e. The van der Waals surface area contributed by atoms with Crippen molar-refractivity contribution in [2.24, 2.45) is 0 Å². The highest BCUT2D eigenvalue weighted by molar-refractivity contribution is 7.16. The van der Waals surface area contributed by atoms with E-state index in [-0.39, 0.29) is 12.1 Å². The molecular weight excluding hydrogens is 438 g/mol. The lowest BCUT2D eigenvalue weighted by molar-refractivity contribution is 0.0734. The Morgan fingerprint density at radius 3 is 2.52 bits per heavy atom. The molecule has 0 aliphatic carbocycles. The van der Waals surface area contributed by atoms with Crippen molar-refractivity contribution in [3.63, 3.8) is 0 Å². The number of rotatable bonds is 5. The molecule has 8 heteroatoms. The van der Waals surface area contributed by atoms with E-state index in [1.807, 2.05) is 12.1 Å². The predicted octanol–water partition coefficient (Wildman–Crippen LogP) is 4.21. The molecular formula is C25H25N3O4S. The van der Waals surface area contributed by atoms with Gasteiger partial charge in [0.25, 0.3) is 5.91 Å². The third kappa shape index (κ3) is 4.19. The van der Waals surface area contributed by atoms with E-state index in [1.54, 1.807) is 54.8 Å². The number of esters is 1. The van der Waals surface area contributed by atoms with Crippen molar-refractivity contribution in [1.82, 2.24) is 10.2 Å². The Kier molecular flexibility index (Phi) is 5.78. The van der Waals surface area contributed by atoms with Crippen molar-refractivity contribution in [3.05, 3.63) is 75.7 Å². The van der Waals surface area contributed by atoms with Gasteiger partial charge in [-0.3, -0.25) is 9.69 Å².